The summed E-state index contributed by atoms with van der Waals surface area (Å²) in [6.07, 6.45) is 1.68. The SMILES string of the molecule is CC1CCc2ccccc2N1S(=O)(=O)c1ccc(CN)o1. The number of hydrogen-bond acceptors (Lipinski definition) is 4. The van der Waals surface area contributed by atoms with Crippen LogP contribution in [0.2, 0.25) is 0 Å². The van der Waals surface area contributed by atoms with Crippen molar-refractivity contribution >= 4 is 15.7 Å². The van der Waals surface area contributed by atoms with E-state index in [9.17, 15) is 8.42 Å². The molecule has 0 saturated heterocycles. The summed E-state index contributed by atoms with van der Waals surface area (Å²) in [6.45, 7) is 2.10. The third-order valence-corrected chi connectivity index (χ3v) is 5.61. The maximum Gasteiger partial charge on any atom is 0.298 e. The molecule has 2 heterocycles. The van der Waals surface area contributed by atoms with Gasteiger partial charge in [0.05, 0.1) is 12.2 Å². The van der Waals surface area contributed by atoms with Gasteiger partial charge < -0.3 is 10.2 Å². The second-order valence-electron chi connectivity index (χ2n) is 5.24. The molecule has 1 aromatic heterocycles. The molecule has 2 aromatic rings. The lowest BCUT2D eigenvalue weighted by atomic mass is 9.99. The number of benzene rings is 1. The number of furan rings is 1. The van der Waals surface area contributed by atoms with Crippen molar-refractivity contribution in [2.45, 2.75) is 37.4 Å². The van der Waals surface area contributed by atoms with Crippen LogP contribution in [-0.4, -0.2) is 14.5 Å². The van der Waals surface area contributed by atoms with E-state index in [0.29, 0.717) is 5.76 Å². The van der Waals surface area contributed by atoms with Gasteiger partial charge in [-0.1, -0.05) is 18.2 Å². The number of nitrogens with zero attached hydrogens (tertiary/aromatic N) is 1. The highest BCUT2D eigenvalue weighted by atomic mass is 32.2. The maximum atomic E-state index is 12.9. The zero-order valence-corrected chi connectivity index (χ0v) is 12.6. The van der Waals surface area contributed by atoms with Crippen LogP contribution in [-0.2, 0) is 23.0 Å². The van der Waals surface area contributed by atoms with Gasteiger partial charge in [0, 0.05) is 6.04 Å². The molecule has 1 aliphatic rings. The lowest BCUT2D eigenvalue weighted by Crippen LogP contribution is -2.41. The second kappa shape index (κ2) is 5.20. The third-order valence-electron chi connectivity index (χ3n) is 3.81. The number of sulfonamides is 1. The van der Waals surface area contributed by atoms with Gasteiger partial charge >= 0.3 is 0 Å². The summed E-state index contributed by atoms with van der Waals surface area (Å²) in [5.41, 5.74) is 7.27. The molecule has 0 saturated carbocycles. The highest BCUT2D eigenvalue weighted by Crippen LogP contribution is 2.35. The normalized spacial score (nSPS) is 18.6. The Bertz CT molecular complexity index is 752. The average molecular weight is 306 g/mol. The van der Waals surface area contributed by atoms with Crippen molar-refractivity contribution in [2.24, 2.45) is 5.73 Å². The number of hydrogen-bond donors (Lipinski definition) is 1. The second-order valence-corrected chi connectivity index (χ2v) is 6.99. The molecule has 0 amide bonds. The van der Waals surface area contributed by atoms with Gasteiger partial charge in [0.1, 0.15) is 5.76 Å². The van der Waals surface area contributed by atoms with E-state index in [1.165, 1.54) is 10.4 Å². The van der Waals surface area contributed by atoms with Crippen LogP contribution in [0, 0.1) is 0 Å². The van der Waals surface area contributed by atoms with Crippen molar-refractivity contribution in [3.05, 3.63) is 47.7 Å². The van der Waals surface area contributed by atoms with Crippen LogP contribution in [0.15, 0.2) is 45.9 Å². The highest BCUT2D eigenvalue weighted by Gasteiger charge is 2.35. The van der Waals surface area contributed by atoms with Gasteiger partial charge in [-0.25, -0.2) is 0 Å². The average Bonchev–Trinajstić information content (AvgIpc) is 2.96. The molecule has 1 unspecified atom stereocenters. The summed E-state index contributed by atoms with van der Waals surface area (Å²) in [5.74, 6) is 0.464. The van der Waals surface area contributed by atoms with Crippen LogP contribution >= 0.6 is 0 Å². The molecular formula is C15H18N2O3S. The molecule has 1 atom stereocenters. The first-order valence-electron chi connectivity index (χ1n) is 6.95. The lowest BCUT2D eigenvalue weighted by Gasteiger charge is -2.35. The first kappa shape index (κ1) is 14.2. The molecule has 21 heavy (non-hydrogen) atoms. The van der Waals surface area contributed by atoms with Crippen molar-refractivity contribution in [1.82, 2.24) is 0 Å². The molecular weight excluding hydrogens is 288 g/mol. The Morgan fingerprint density at radius 1 is 1.29 bits per heavy atom. The predicted octanol–water partition coefficient (Wildman–Crippen LogP) is 2.27. The summed E-state index contributed by atoms with van der Waals surface area (Å²) in [6, 6.07) is 10.6. The molecule has 0 bridgehead atoms. The van der Waals surface area contributed by atoms with Crippen molar-refractivity contribution in [3.63, 3.8) is 0 Å². The van der Waals surface area contributed by atoms with Crippen LogP contribution < -0.4 is 10.0 Å². The minimum atomic E-state index is -3.70. The molecule has 0 aliphatic carbocycles. The van der Waals surface area contributed by atoms with E-state index in [-0.39, 0.29) is 17.7 Å². The third kappa shape index (κ3) is 2.34. The van der Waals surface area contributed by atoms with Gasteiger partial charge in [0.15, 0.2) is 0 Å². The topological polar surface area (TPSA) is 76.5 Å². The maximum absolute atomic E-state index is 12.9. The monoisotopic (exact) mass is 306 g/mol. The number of fused-ring (bicyclic) bond motifs is 1. The Morgan fingerprint density at radius 2 is 2.05 bits per heavy atom. The summed E-state index contributed by atoms with van der Waals surface area (Å²) in [7, 11) is -3.70. The molecule has 0 fully saturated rings. The number of rotatable bonds is 3. The van der Waals surface area contributed by atoms with E-state index in [4.69, 9.17) is 10.2 Å². The number of nitrogens with two attached hydrogens (primary N) is 1. The Kier molecular flexibility index (Phi) is 3.51. The van der Waals surface area contributed by atoms with E-state index >= 15 is 0 Å². The number of aryl methyl sites for hydroxylation is 1. The van der Waals surface area contributed by atoms with Gasteiger partial charge in [-0.15, -0.1) is 0 Å². The fraction of sp³-hybridized carbons (Fsp3) is 0.333. The van der Waals surface area contributed by atoms with Gasteiger partial charge in [-0.2, -0.15) is 8.42 Å². The first-order chi connectivity index (χ1) is 10.0. The Labute approximate surface area is 124 Å². The summed E-state index contributed by atoms with van der Waals surface area (Å²) in [5, 5.41) is -0.0495. The van der Waals surface area contributed by atoms with E-state index in [1.54, 1.807) is 6.07 Å². The van der Waals surface area contributed by atoms with Crippen molar-refractivity contribution in [2.75, 3.05) is 4.31 Å². The van der Waals surface area contributed by atoms with E-state index in [2.05, 4.69) is 0 Å². The number of anilines is 1. The van der Waals surface area contributed by atoms with Crippen LogP contribution in [0.5, 0.6) is 0 Å². The van der Waals surface area contributed by atoms with Crippen LogP contribution in [0.1, 0.15) is 24.7 Å². The van der Waals surface area contributed by atoms with Crippen LogP contribution in [0.4, 0.5) is 5.69 Å². The zero-order chi connectivity index (χ0) is 15.0. The summed E-state index contributed by atoms with van der Waals surface area (Å²) < 4.78 is 32.6. The quantitative estimate of drug-likeness (QED) is 0.943. The minimum absolute atomic E-state index is 0.0495. The largest absolute Gasteiger partial charge is 0.446 e. The van der Waals surface area contributed by atoms with Gasteiger partial charge in [-0.3, -0.25) is 4.31 Å². The first-order valence-corrected chi connectivity index (χ1v) is 8.39. The summed E-state index contributed by atoms with van der Waals surface area (Å²) >= 11 is 0. The zero-order valence-electron chi connectivity index (χ0n) is 11.8. The molecule has 1 aromatic carbocycles. The van der Waals surface area contributed by atoms with Crippen molar-refractivity contribution < 1.29 is 12.8 Å². The standard InChI is InChI=1S/C15H18N2O3S/c1-11-6-7-12-4-2-3-5-14(12)17(11)21(18,19)15-9-8-13(10-16)20-15/h2-5,8-9,11H,6-7,10,16H2,1H3. The molecule has 5 nitrogen and oxygen atoms in total. The Balaban J connectivity index is 2.09. The van der Waals surface area contributed by atoms with E-state index in [0.717, 1.165) is 24.1 Å². The van der Waals surface area contributed by atoms with Crippen LogP contribution in [0.3, 0.4) is 0 Å². The molecule has 0 spiro atoms. The molecule has 2 N–H and O–H groups in total. The van der Waals surface area contributed by atoms with Crippen molar-refractivity contribution in [3.8, 4) is 0 Å². The van der Waals surface area contributed by atoms with Gasteiger partial charge in [0.2, 0.25) is 5.09 Å². The van der Waals surface area contributed by atoms with Gasteiger partial charge in [0.25, 0.3) is 10.0 Å². The van der Waals surface area contributed by atoms with Crippen molar-refractivity contribution in [1.29, 1.82) is 0 Å². The fourth-order valence-corrected chi connectivity index (χ4v) is 4.39. The number of para-hydroxylation sites is 1. The molecule has 1 aliphatic heterocycles. The predicted molar refractivity (Wildman–Crippen MR) is 80.5 cm³/mol. The molecule has 112 valence electrons. The highest BCUT2D eigenvalue weighted by molar-refractivity contribution is 7.92. The Morgan fingerprint density at radius 3 is 2.76 bits per heavy atom. The molecule has 0 radical (unpaired) electrons. The smallest absolute Gasteiger partial charge is 0.298 e. The molecule has 3 rings (SSSR count). The van der Waals surface area contributed by atoms with E-state index < -0.39 is 10.0 Å². The van der Waals surface area contributed by atoms with E-state index in [1.807, 2.05) is 31.2 Å². The molecule has 6 heteroatoms. The lowest BCUT2D eigenvalue weighted by molar-refractivity contribution is 0.413. The van der Waals surface area contributed by atoms with Crippen LogP contribution in [0.25, 0.3) is 0 Å². The fourth-order valence-electron chi connectivity index (χ4n) is 2.73. The summed E-state index contributed by atoms with van der Waals surface area (Å²) in [4.78, 5) is 0. The van der Waals surface area contributed by atoms with Gasteiger partial charge in [-0.05, 0) is 43.5 Å². The minimum Gasteiger partial charge on any atom is -0.446 e. The Hall–Kier alpha value is -1.79.